The Labute approximate surface area is 182 Å². The average Bonchev–Trinajstić information content (AvgIpc) is 3.51. The Morgan fingerprint density at radius 3 is 2.66 bits per heavy atom. The Morgan fingerprint density at radius 2 is 1.91 bits per heavy atom. The van der Waals surface area contributed by atoms with E-state index >= 15 is 0 Å². The maximum atomic E-state index is 12.6. The third kappa shape index (κ3) is 4.26. The highest BCUT2D eigenvalue weighted by molar-refractivity contribution is 5.98. The van der Waals surface area contributed by atoms with Crippen molar-refractivity contribution < 1.29 is 18.9 Å². The summed E-state index contributed by atoms with van der Waals surface area (Å²) in [6, 6.07) is 18.6. The lowest BCUT2D eigenvalue weighted by molar-refractivity contribution is -0.384. The van der Waals surface area contributed by atoms with Gasteiger partial charge >= 0.3 is 0 Å². The summed E-state index contributed by atoms with van der Waals surface area (Å²) in [6.07, 6.45) is 5.02. The van der Waals surface area contributed by atoms with Crippen LogP contribution in [0.25, 0.3) is 17.0 Å². The van der Waals surface area contributed by atoms with Crippen molar-refractivity contribution in [2.24, 2.45) is 5.10 Å². The van der Waals surface area contributed by atoms with Crippen molar-refractivity contribution in [3.63, 3.8) is 0 Å². The minimum absolute atomic E-state index is 0.142. The van der Waals surface area contributed by atoms with Crippen molar-refractivity contribution in [3.05, 3.63) is 101 Å². The molecule has 0 atom stereocenters. The second-order valence-corrected chi connectivity index (χ2v) is 6.65. The second kappa shape index (κ2) is 9.00. The van der Waals surface area contributed by atoms with Crippen molar-refractivity contribution in [3.8, 4) is 22.8 Å². The predicted molar refractivity (Wildman–Crippen MR) is 118 cm³/mol. The number of rotatable bonds is 7. The highest BCUT2D eigenvalue weighted by Gasteiger charge is 2.19. The van der Waals surface area contributed by atoms with Gasteiger partial charge in [-0.25, -0.2) is 5.43 Å². The molecule has 0 fully saturated rings. The lowest BCUT2D eigenvalue weighted by Crippen LogP contribution is -2.19. The largest absolute Gasteiger partial charge is 0.497 e. The standard InChI is InChI=1S/C23H18N4O5/c1-31-16-8-10-18(21(14-16)27(29)30)22-11-9-17(32-22)15-24-25-23(28)19-6-2-3-7-20(19)26-12-4-5-13-26/h2-15H,1H3,(H,25,28)/b24-15-. The van der Waals surface area contributed by atoms with Gasteiger partial charge in [0.1, 0.15) is 17.3 Å². The second-order valence-electron chi connectivity index (χ2n) is 6.65. The van der Waals surface area contributed by atoms with Gasteiger partial charge in [0.2, 0.25) is 0 Å². The molecule has 9 nitrogen and oxygen atoms in total. The SMILES string of the molecule is COc1ccc(-c2ccc(/C=N\NC(=O)c3ccccc3-n3cccc3)o2)c([N+](=O)[O-])c1. The molecule has 0 spiro atoms. The molecule has 4 rings (SSSR count). The number of hydrazone groups is 1. The van der Waals surface area contributed by atoms with E-state index < -0.39 is 4.92 Å². The molecule has 0 aliphatic heterocycles. The van der Waals surface area contributed by atoms with E-state index in [1.165, 1.54) is 19.4 Å². The van der Waals surface area contributed by atoms with E-state index in [-0.39, 0.29) is 11.6 Å². The summed E-state index contributed by atoms with van der Waals surface area (Å²) >= 11 is 0. The first kappa shape index (κ1) is 20.6. The van der Waals surface area contributed by atoms with Crippen molar-refractivity contribution >= 4 is 17.8 Å². The van der Waals surface area contributed by atoms with Crippen LogP contribution < -0.4 is 10.2 Å². The number of furan rings is 1. The normalized spacial score (nSPS) is 10.9. The predicted octanol–water partition coefficient (Wildman–Crippen LogP) is 4.42. The molecule has 0 aliphatic carbocycles. The van der Waals surface area contributed by atoms with Crippen LogP contribution in [0, 0.1) is 10.1 Å². The van der Waals surface area contributed by atoms with Crippen LogP contribution in [0.3, 0.4) is 0 Å². The highest BCUT2D eigenvalue weighted by Crippen LogP contribution is 2.33. The summed E-state index contributed by atoms with van der Waals surface area (Å²) in [7, 11) is 1.44. The lowest BCUT2D eigenvalue weighted by atomic mass is 10.1. The summed E-state index contributed by atoms with van der Waals surface area (Å²) in [4.78, 5) is 23.5. The van der Waals surface area contributed by atoms with E-state index in [1.807, 2.05) is 41.2 Å². The summed E-state index contributed by atoms with van der Waals surface area (Å²) < 4.78 is 12.5. The van der Waals surface area contributed by atoms with Gasteiger partial charge in [-0.2, -0.15) is 5.10 Å². The van der Waals surface area contributed by atoms with Crippen LogP contribution in [-0.2, 0) is 0 Å². The Kier molecular flexibility index (Phi) is 5.80. The lowest BCUT2D eigenvalue weighted by Gasteiger charge is -2.08. The summed E-state index contributed by atoms with van der Waals surface area (Å²) in [5, 5.41) is 15.3. The van der Waals surface area contributed by atoms with Gasteiger partial charge in [-0.05, 0) is 48.5 Å². The molecule has 32 heavy (non-hydrogen) atoms. The zero-order chi connectivity index (χ0) is 22.5. The van der Waals surface area contributed by atoms with Crippen molar-refractivity contribution in [1.29, 1.82) is 0 Å². The zero-order valence-corrected chi connectivity index (χ0v) is 17.0. The van der Waals surface area contributed by atoms with Crippen LogP contribution in [0.4, 0.5) is 5.69 Å². The van der Waals surface area contributed by atoms with E-state index in [9.17, 15) is 14.9 Å². The molecule has 2 heterocycles. The first-order valence-corrected chi connectivity index (χ1v) is 9.55. The maximum absolute atomic E-state index is 12.6. The Morgan fingerprint density at radius 1 is 1.12 bits per heavy atom. The monoisotopic (exact) mass is 430 g/mol. The minimum Gasteiger partial charge on any atom is -0.497 e. The number of nitro benzene ring substituents is 1. The molecular weight excluding hydrogens is 412 g/mol. The number of nitro groups is 1. The highest BCUT2D eigenvalue weighted by atomic mass is 16.6. The van der Waals surface area contributed by atoms with Gasteiger partial charge in [0.15, 0.2) is 0 Å². The average molecular weight is 430 g/mol. The van der Waals surface area contributed by atoms with Crippen LogP contribution in [0.2, 0.25) is 0 Å². The van der Waals surface area contributed by atoms with E-state index in [0.717, 1.165) is 5.69 Å². The van der Waals surface area contributed by atoms with Gasteiger partial charge in [-0.15, -0.1) is 0 Å². The molecule has 2 aromatic heterocycles. The molecule has 0 radical (unpaired) electrons. The number of nitrogens with one attached hydrogen (secondary N) is 1. The van der Waals surface area contributed by atoms with E-state index in [0.29, 0.717) is 28.4 Å². The summed E-state index contributed by atoms with van der Waals surface area (Å²) in [5.41, 5.74) is 3.81. The Bertz CT molecular complexity index is 1290. The molecule has 2 aromatic carbocycles. The fourth-order valence-electron chi connectivity index (χ4n) is 3.17. The van der Waals surface area contributed by atoms with E-state index in [4.69, 9.17) is 9.15 Å². The molecule has 160 valence electrons. The molecule has 0 saturated carbocycles. The van der Waals surface area contributed by atoms with Crippen LogP contribution in [0.5, 0.6) is 5.75 Å². The number of carbonyl (C=O) groups is 1. The molecule has 0 saturated heterocycles. The van der Waals surface area contributed by atoms with Crippen molar-refractivity contribution in [2.45, 2.75) is 0 Å². The quantitative estimate of drug-likeness (QED) is 0.265. The minimum atomic E-state index is -0.503. The van der Waals surface area contributed by atoms with Gasteiger partial charge in [-0.3, -0.25) is 14.9 Å². The number of ether oxygens (including phenoxy) is 1. The number of para-hydroxylation sites is 1. The van der Waals surface area contributed by atoms with Crippen molar-refractivity contribution in [1.82, 2.24) is 9.99 Å². The van der Waals surface area contributed by atoms with Gasteiger partial charge in [0.05, 0.1) is 41.1 Å². The fourth-order valence-corrected chi connectivity index (χ4v) is 3.17. The Balaban J connectivity index is 1.50. The van der Waals surface area contributed by atoms with Crippen molar-refractivity contribution in [2.75, 3.05) is 7.11 Å². The third-order valence-electron chi connectivity index (χ3n) is 4.68. The van der Waals surface area contributed by atoms with E-state index in [1.54, 1.807) is 36.4 Å². The number of amides is 1. The molecule has 0 bridgehead atoms. The molecule has 4 aromatic rings. The van der Waals surface area contributed by atoms with Crippen LogP contribution in [-0.4, -0.2) is 28.7 Å². The number of methoxy groups -OCH3 is 1. The molecule has 0 unspecified atom stereocenters. The maximum Gasteiger partial charge on any atom is 0.284 e. The van der Waals surface area contributed by atoms with Crippen LogP contribution in [0.15, 0.2) is 88.6 Å². The molecule has 9 heteroatoms. The first-order valence-electron chi connectivity index (χ1n) is 9.55. The number of benzene rings is 2. The molecule has 0 aliphatic rings. The number of nitrogens with zero attached hydrogens (tertiary/aromatic N) is 3. The zero-order valence-electron chi connectivity index (χ0n) is 17.0. The molecular formula is C23H18N4O5. The topological polar surface area (TPSA) is 112 Å². The number of hydrogen-bond donors (Lipinski definition) is 1. The molecule has 1 amide bonds. The Hall–Kier alpha value is -4.66. The van der Waals surface area contributed by atoms with Gasteiger partial charge in [-0.1, -0.05) is 12.1 Å². The van der Waals surface area contributed by atoms with Gasteiger partial charge < -0.3 is 13.7 Å². The summed E-state index contributed by atoms with van der Waals surface area (Å²) in [6.45, 7) is 0. The summed E-state index contributed by atoms with van der Waals surface area (Å²) in [5.74, 6) is 0.606. The van der Waals surface area contributed by atoms with Crippen LogP contribution in [0.1, 0.15) is 16.1 Å². The van der Waals surface area contributed by atoms with Gasteiger partial charge in [0, 0.05) is 12.4 Å². The van der Waals surface area contributed by atoms with E-state index in [2.05, 4.69) is 10.5 Å². The smallest absolute Gasteiger partial charge is 0.284 e. The number of carbonyl (C=O) groups excluding carboxylic acids is 1. The van der Waals surface area contributed by atoms with Crippen LogP contribution >= 0.6 is 0 Å². The third-order valence-corrected chi connectivity index (χ3v) is 4.68. The number of hydrogen-bond acceptors (Lipinski definition) is 6. The number of aromatic nitrogens is 1. The molecule has 1 N–H and O–H groups in total. The first-order chi connectivity index (χ1) is 15.6. The van der Waals surface area contributed by atoms with Gasteiger partial charge in [0.25, 0.3) is 11.6 Å². The fraction of sp³-hybridized carbons (Fsp3) is 0.0435.